The van der Waals surface area contributed by atoms with E-state index >= 15 is 0 Å². The number of hydrogen-bond acceptors (Lipinski definition) is 8. The molecule has 2 N–H and O–H groups in total. The standard InChI is InChI=1S/C26H25N7O2/c1-17-13-20-14-19(3-5-22(20)30-25(17)27)26(34)33(16-24-28-9-2-10-29-24)15-21-4-6-23(32-31-21)18-7-11-35-12-8-18/h2-7,9-10,13-14H,8,11-12,15-16H2,1H3,(H2,27,30). The van der Waals surface area contributed by atoms with Crippen molar-refractivity contribution in [1.29, 1.82) is 0 Å². The molecule has 1 amide bonds. The Hall–Kier alpha value is -4.24. The van der Waals surface area contributed by atoms with Crippen molar-refractivity contribution < 1.29 is 9.53 Å². The molecule has 1 aromatic carbocycles. The number of nitrogen functional groups attached to an aromatic ring is 1. The number of fused-ring (bicyclic) bond motifs is 1. The van der Waals surface area contributed by atoms with Gasteiger partial charge in [-0.15, -0.1) is 0 Å². The molecule has 0 fully saturated rings. The normalized spacial score (nSPS) is 13.5. The monoisotopic (exact) mass is 467 g/mol. The maximum atomic E-state index is 13.6. The van der Waals surface area contributed by atoms with Crippen molar-refractivity contribution in [1.82, 2.24) is 30.0 Å². The van der Waals surface area contributed by atoms with Gasteiger partial charge in [0.2, 0.25) is 0 Å². The molecule has 0 spiro atoms. The maximum Gasteiger partial charge on any atom is 0.254 e. The first-order valence-electron chi connectivity index (χ1n) is 11.4. The van der Waals surface area contributed by atoms with E-state index in [2.05, 4.69) is 25.1 Å². The molecule has 176 valence electrons. The zero-order valence-corrected chi connectivity index (χ0v) is 19.4. The molecule has 1 aliphatic rings. The highest BCUT2D eigenvalue weighted by Gasteiger charge is 2.20. The van der Waals surface area contributed by atoms with Crippen LogP contribution in [0.15, 0.2) is 60.9 Å². The molecular formula is C26H25N7O2. The zero-order valence-electron chi connectivity index (χ0n) is 19.4. The Morgan fingerprint density at radius 1 is 1.09 bits per heavy atom. The van der Waals surface area contributed by atoms with Crippen LogP contribution >= 0.6 is 0 Å². The Balaban J connectivity index is 1.43. The number of carbonyl (C=O) groups excluding carboxylic acids is 1. The predicted octanol–water partition coefficient (Wildman–Crippen LogP) is 3.35. The van der Waals surface area contributed by atoms with Crippen molar-refractivity contribution in [3.63, 3.8) is 0 Å². The minimum absolute atomic E-state index is 0.160. The molecule has 0 bridgehead atoms. The van der Waals surface area contributed by atoms with Crippen LogP contribution in [0.25, 0.3) is 16.5 Å². The van der Waals surface area contributed by atoms with Crippen molar-refractivity contribution in [2.75, 3.05) is 18.9 Å². The minimum atomic E-state index is -0.160. The first kappa shape index (κ1) is 22.5. The Bertz CT molecular complexity index is 1390. The van der Waals surface area contributed by atoms with E-state index in [1.165, 1.54) is 0 Å². The lowest BCUT2D eigenvalue weighted by Crippen LogP contribution is -2.31. The van der Waals surface area contributed by atoms with Crippen molar-refractivity contribution in [3.8, 4) is 0 Å². The molecule has 0 aliphatic carbocycles. The molecule has 0 atom stereocenters. The van der Waals surface area contributed by atoms with Gasteiger partial charge in [-0.1, -0.05) is 6.08 Å². The highest BCUT2D eigenvalue weighted by Crippen LogP contribution is 2.22. The number of aryl methyl sites for hydroxylation is 1. The average Bonchev–Trinajstić information content (AvgIpc) is 2.90. The summed E-state index contributed by atoms with van der Waals surface area (Å²) in [4.78, 5) is 28.3. The first-order chi connectivity index (χ1) is 17.1. The molecule has 4 aromatic rings. The summed E-state index contributed by atoms with van der Waals surface area (Å²) in [6.07, 6.45) is 6.16. The van der Waals surface area contributed by atoms with Crippen molar-refractivity contribution in [2.45, 2.75) is 26.4 Å². The molecule has 35 heavy (non-hydrogen) atoms. The van der Waals surface area contributed by atoms with E-state index in [9.17, 15) is 4.79 Å². The summed E-state index contributed by atoms with van der Waals surface area (Å²) in [5.41, 5.74) is 10.7. The van der Waals surface area contributed by atoms with Crippen molar-refractivity contribution in [2.24, 2.45) is 0 Å². The largest absolute Gasteiger partial charge is 0.383 e. The number of pyridine rings is 1. The number of nitrogens with zero attached hydrogens (tertiary/aromatic N) is 6. The van der Waals surface area contributed by atoms with Gasteiger partial charge in [-0.05, 0) is 66.9 Å². The van der Waals surface area contributed by atoms with Gasteiger partial charge in [-0.2, -0.15) is 10.2 Å². The van der Waals surface area contributed by atoms with Crippen molar-refractivity contribution >= 4 is 28.2 Å². The summed E-state index contributed by atoms with van der Waals surface area (Å²) in [5, 5.41) is 9.64. The number of amides is 1. The summed E-state index contributed by atoms with van der Waals surface area (Å²) in [6.45, 7) is 3.67. The molecule has 9 nitrogen and oxygen atoms in total. The lowest BCUT2D eigenvalue weighted by atomic mass is 10.1. The van der Waals surface area contributed by atoms with Crippen LogP contribution in [-0.2, 0) is 17.8 Å². The second kappa shape index (κ2) is 9.94. The van der Waals surface area contributed by atoms with Gasteiger partial charge in [0, 0.05) is 23.3 Å². The summed E-state index contributed by atoms with van der Waals surface area (Å²) in [6, 6.07) is 12.9. The fourth-order valence-electron chi connectivity index (χ4n) is 3.97. The zero-order chi connectivity index (χ0) is 24.2. The van der Waals surface area contributed by atoms with Gasteiger partial charge in [0.25, 0.3) is 5.91 Å². The molecular weight excluding hydrogens is 442 g/mol. The van der Waals surface area contributed by atoms with Gasteiger partial charge < -0.3 is 15.4 Å². The smallest absolute Gasteiger partial charge is 0.254 e. The van der Waals surface area contributed by atoms with Crippen LogP contribution in [0.2, 0.25) is 0 Å². The summed E-state index contributed by atoms with van der Waals surface area (Å²) >= 11 is 0. The van der Waals surface area contributed by atoms with E-state index in [0.29, 0.717) is 36.1 Å². The molecule has 0 saturated carbocycles. The maximum absolute atomic E-state index is 13.6. The third-order valence-corrected chi connectivity index (χ3v) is 5.90. The average molecular weight is 468 g/mol. The number of hydrogen-bond donors (Lipinski definition) is 1. The number of ether oxygens (including phenoxy) is 1. The molecule has 9 heteroatoms. The molecule has 0 saturated heterocycles. The van der Waals surface area contributed by atoms with E-state index in [1.807, 2.05) is 43.3 Å². The molecule has 4 heterocycles. The van der Waals surface area contributed by atoms with E-state index in [0.717, 1.165) is 34.2 Å². The predicted molar refractivity (Wildman–Crippen MR) is 132 cm³/mol. The molecule has 1 aliphatic heterocycles. The van der Waals surface area contributed by atoms with Crippen LogP contribution in [0.3, 0.4) is 0 Å². The third kappa shape index (κ3) is 5.15. The number of rotatable bonds is 6. The van der Waals surface area contributed by atoms with Crippen LogP contribution in [0.4, 0.5) is 5.82 Å². The fourth-order valence-corrected chi connectivity index (χ4v) is 3.97. The first-order valence-corrected chi connectivity index (χ1v) is 11.4. The Morgan fingerprint density at radius 3 is 2.69 bits per heavy atom. The molecule has 3 aromatic heterocycles. The SMILES string of the molecule is Cc1cc2cc(C(=O)N(Cc3ccc(C4=CCOCC4)nn3)Cc3ncccn3)ccc2nc1N. The quantitative estimate of drug-likeness (QED) is 0.458. The van der Waals surface area contributed by atoms with Crippen LogP contribution in [0.1, 0.15) is 39.6 Å². The Kier molecular flexibility index (Phi) is 6.40. The van der Waals surface area contributed by atoms with Gasteiger partial charge in [-0.3, -0.25) is 4.79 Å². The van der Waals surface area contributed by atoms with Crippen LogP contribution in [0, 0.1) is 6.92 Å². The van der Waals surface area contributed by atoms with E-state index < -0.39 is 0 Å². The summed E-state index contributed by atoms with van der Waals surface area (Å²) in [7, 11) is 0. The van der Waals surface area contributed by atoms with Gasteiger partial charge in [0.15, 0.2) is 0 Å². The lowest BCUT2D eigenvalue weighted by Gasteiger charge is -2.22. The Morgan fingerprint density at radius 2 is 1.94 bits per heavy atom. The summed E-state index contributed by atoms with van der Waals surface area (Å²) in [5.74, 6) is 0.869. The number of anilines is 1. The van der Waals surface area contributed by atoms with Crippen molar-refractivity contribution in [3.05, 3.63) is 89.3 Å². The van der Waals surface area contributed by atoms with Crippen LogP contribution in [0.5, 0.6) is 0 Å². The summed E-state index contributed by atoms with van der Waals surface area (Å²) < 4.78 is 5.37. The van der Waals surface area contributed by atoms with Gasteiger partial charge in [-0.25, -0.2) is 15.0 Å². The van der Waals surface area contributed by atoms with Crippen LogP contribution < -0.4 is 5.73 Å². The molecule has 5 rings (SSSR count). The van der Waals surface area contributed by atoms with Gasteiger partial charge in [0.05, 0.1) is 43.2 Å². The van der Waals surface area contributed by atoms with E-state index in [-0.39, 0.29) is 19.0 Å². The van der Waals surface area contributed by atoms with Crippen LogP contribution in [-0.4, -0.2) is 49.2 Å². The van der Waals surface area contributed by atoms with Gasteiger partial charge in [0.1, 0.15) is 11.6 Å². The minimum Gasteiger partial charge on any atom is -0.383 e. The topological polar surface area (TPSA) is 120 Å². The lowest BCUT2D eigenvalue weighted by molar-refractivity contribution is 0.0723. The highest BCUT2D eigenvalue weighted by atomic mass is 16.5. The fraction of sp³-hybridized carbons (Fsp3) is 0.231. The number of benzene rings is 1. The highest BCUT2D eigenvalue weighted by molar-refractivity contribution is 5.98. The Labute approximate surface area is 202 Å². The third-order valence-electron chi connectivity index (χ3n) is 5.90. The second-order valence-electron chi connectivity index (χ2n) is 8.39. The van der Waals surface area contributed by atoms with E-state index in [1.54, 1.807) is 29.4 Å². The van der Waals surface area contributed by atoms with Gasteiger partial charge >= 0.3 is 0 Å². The molecule has 0 unspecified atom stereocenters. The number of nitrogens with two attached hydrogens (primary N) is 1. The molecule has 0 radical (unpaired) electrons. The second-order valence-corrected chi connectivity index (χ2v) is 8.39. The van der Waals surface area contributed by atoms with E-state index in [4.69, 9.17) is 10.5 Å². The number of aromatic nitrogens is 5. The number of carbonyl (C=O) groups is 1.